The van der Waals surface area contributed by atoms with Crippen LogP contribution >= 0.6 is 0 Å². The van der Waals surface area contributed by atoms with E-state index in [-0.39, 0.29) is 0 Å². The Morgan fingerprint density at radius 1 is 0.321 bits per heavy atom. The predicted octanol–water partition coefficient (Wildman–Crippen LogP) is 14.0. The van der Waals surface area contributed by atoms with E-state index in [1.54, 1.807) is 0 Å². The molecule has 244 valence electrons. The lowest BCUT2D eigenvalue weighted by molar-refractivity contribution is 1.28. The number of hydrogen-bond donors (Lipinski definition) is 0. The summed E-state index contributed by atoms with van der Waals surface area (Å²) in [7, 11) is 0. The number of anilines is 3. The van der Waals surface area contributed by atoms with E-state index in [1.165, 1.54) is 77.2 Å². The molecule has 0 spiro atoms. The molecule has 2 aliphatic carbocycles. The molecule has 0 saturated heterocycles. The molecule has 9 aromatic carbocycles. The highest BCUT2D eigenvalue weighted by Crippen LogP contribution is 2.51. The van der Waals surface area contributed by atoms with E-state index in [2.05, 4.69) is 175 Å². The molecule has 0 fully saturated rings. The number of hydrogen-bond acceptors (Lipinski definition) is 2. The van der Waals surface area contributed by atoms with Gasteiger partial charge in [-0.05, 0) is 131 Å². The van der Waals surface area contributed by atoms with Crippen molar-refractivity contribution in [3.05, 3.63) is 188 Å². The number of nitrogens with zero attached hydrogens (tertiary/aromatic N) is 2. The molecule has 53 heavy (non-hydrogen) atoms. The van der Waals surface area contributed by atoms with E-state index in [0.29, 0.717) is 5.56 Å². The molecule has 0 saturated carbocycles. The predicted molar refractivity (Wildman–Crippen MR) is 221 cm³/mol. The fourth-order valence-electron chi connectivity index (χ4n) is 8.91. The first kappa shape index (κ1) is 29.5. The smallest absolute Gasteiger partial charge is 0.0992 e. The molecule has 0 atom stereocenters. The molecule has 2 aliphatic rings. The minimum absolute atomic E-state index is 0.624. The van der Waals surface area contributed by atoms with Gasteiger partial charge in [-0.3, -0.25) is 0 Å². The fourth-order valence-corrected chi connectivity index (χ4v) is 8.91. The Kier molecular flexibility index (Phi) is 6.35. The number of benzene rings is 9. The second-order valence-corrected chi connectivity index (χ2v) is 14.0. The van der Waals surface area contributed by atoms with Crippen LogP contribution in [-0.4, -0.2) is 0 Å². The Balaban J connectivity index is 1.07. The van der Waals surface area contributed by atoms with Gasteiger partial charge in [0.15, 0.2) is 0 Å². The molecule has 2 nitrogen and oxygen atoms in total. The SMILES string of the molecule is N#Cc1cccc(N(c2cccc(-c3ccc4c5c(cccc35)-c3ccccc3-4)c2)c2cccc(-c3ccc4c5c(cccc35)-c3ccccc3-4)c2)c1. The van der Waals surface area contributed by atoms with E-state index in [9.17, 15) is 5.26 Å². The van der Waals surface area contributed by atoms with Crippen LogP contribution in [0.4, 0.5) is 17.1 Å². The topological polar surface area (TPSA) is 27.0 Å². The number of fused-ring (bicyclic) bond motifs is 6. The Bertz CT molecular complexity index is 2800. The van der Waals surface area contributed by atoms with E-state index >= 15 is 0 Å². The summed E-state index contributed by atoms with van der Waals surface area (Å²) < 4.78 is 0. The molecule has 0 heterocycles. The lowest BCUT2D eigenvalue weighted by Crippen LogP contribution is -2.10. The van der Waals surface area contributed by atoms with E-state index in [1.807, 2.05) is 18.2 Å². The maximum atomic E-state index is 9.93. The van der Waals surface area contributed by atoms with Gasteiger partial charge in [-0.1, -0.05) is 140 Å². The maximum absolute atomic E-state index is 9.93. The molecule has 9 aromatic rings. The van der Waals surface area contributed by atoms with Crippen LogP contribution in [0.1, 0.15) is 5.56 Å². The highest BCUT2D eigenvalue weighted by atomic mass is 15.1. The van der Waals surface area contributed by atoms with Crippen LogP contribution in [0.3, 0.4) is 0 Å². The summed E-state index contributed by atoms with van der Waals surface area (Å²) >= 11 is 0. The van der Waals surface area contributed by atoms with Crippen molar-refractivity contribution >= 4 is 38.6 Å². The summed E-state index contributed by atoms with van der Waals surface area (Å²) in [6, 6.07) is 67.8. The minimum atomic E-state index is 0.624. The van der Waals surface area contributed by atoms with Crippen LogP contribution in [-0.2, 0) is 0 Å². The number of nitriles is 1. The fraction of sp³-hybridized carbons (Fsp3) is 0. The molecule has 2 heteroatoms. The van der Waals surface area contributed by atoms with Gasteiger partial charge in [-0.25, -0.2) is 0 Å². The van der Waals surface area contributed by atoms with Gasteiger partial charge in [-0.15, -0.1) is 0 Å². The Morgan fingerprint density at radius 3 is 1.17 bits per heavy atom. The van der Waals surface area contributed by atoms with Gasteiger partial charge in [-0.2, -0.15) is 5.26 Å². The summed E-state index contributed by atoms with van der Waals surface area (Å²) in [4.78, 5) is 2.28. The molecule has 11 rings (SSSR count). The molecule has 0 aliphatic heterocycles. The zero-order valence-electron chi connectivity index (χ0n) is 28.7. The highest BCUT2D eigenvalue weighted by molar-refractivity contribution is 6.20. The van der Waals surface area contributed by atoms with Gasteiger partial charge >= 0.3 is 0 Å². The molecule has 0 bridgehead atoms. The average molecular weight is 671 g/mol. The van der Waals surface area contributed by atoms with Crippen molar-refractivity contribution in [3.63, 3.8) is 0 Å². The van der Waals surface area contributed by atoms with Gasteiger partial charge in [0.2, 0.25) is 0 Å². The zero-order valence-corrected chi connectivity index (χ0v) is 28.7. The maximum Gasteiger partial charge on any atom is 0.0992 e. The summed E-state index contributed by atoms with van der Waals surface area (Å²) in [6.45, 7) is 0. The lowest BCUT2D eigenvalue weighted by Gasteiger charge is -2.27. The van der Waals surface area contributed by atoms with Crippen molar-refractivity contribution < 1.29 is 0 Å². The molecule has 0 unspecified atom stereocenters. The van der Waals surface area contributed by atoms with Gasteiger partial charge in [0.1, 0.15) is 0 Å². The van der Waals surface area contributed by atoms with Crippen LogP contribution in [0.5, 0.6) is 0 Å². The van der Waals surface area contributed by atoms with Crippen molar-refractivity contribution in [2.75, 3.05) is 4.90 Å². The first-order chi connectivity index (χ1) is 26.2. The minimum Gasteiger partial charge on any atom is -0.310 e. The van der Waals surface area contributed by atoms with E-state index in [4.69, 9.17) is 0 Å². The third kappa shape index (κ3) is 4.38. The lowest BCUT2D eigenvalue weighted by atomic mass is 9.93. The van der Waals surface area contributed by atoms with E-state index in [0.717, 1.165) is 28.2 Å². The normalized spacial score (nSPS) is 11.8. The van der Waals surface area contributed by atoms with Gasteiger partial charge in [0.05, 0.1) is 11.6 Å². The van der Waals surface area contributed by atoms with Crippen LogP contribution in [0.25, 0.3) is 88.3 Å². The van der Waals surface area contributed by atoms with Crippen LogP contribution < -0.4 is 4.90 Å². The van der Waals surface area contributed by atoms with Gasteiger partial charge < -0.3 is 4.90 Å². The van der Waals surface area contributed by atoms with Crippen LogP contribution in [0, 0.1) is 11.3 Å². The number of rotatable bonds is 5. The Morgan fingerprint density at radius 2 is 0.698 bits per heavy atom. The monoisotopic (exact) mass is 670 g/mol. The van der Waals surface area contributed by atoms with Crippen molar-refractivity contribution in [1.29, 1.82) is 5.26 Å². The quantitative estimate of drug-likeness (QED) is 0.182. The standard InChI is InChI=1S/C51H30N2/c52-31-32-10-5-13-35(28-32)53(36-14-6-11-33(29-36)38-24-26-48-42-18-3-1-16-40(42)46-22-8-20-44(38)50(46)48)37-15-7-12-34(30-37)39-25-27-49-43-19-4-2-17-41(43)47-23-9-21-45(39)51(47)49/h1-30H. The van der Waals surface area contributed by atoms with E-state index < -0.39 is 0 Å². The van der Waals surface area contributed by atoms with Crippen molar-refractivity contribution in [3.8, 4) is 72.8 Å². The molecule has 0 amide bonds. The third-order valence-electron chi connectivity index (χ3n) is 11.2. The zero-order chi connectivity index (χ0) is 35.0. The first-order valence-electron chi connectivity index (χ1n) is 18.1. The largest absolute Gasteiger partial charge is 0.310 e. The van der Waals surface area contributed by atoms with Crippen LogP contribution in [0.15, 0.2) is 182 Å². The summed E-state index contributed by atoms with van der Waals surface area (Å²) in [5.74, 6) is 0. The average Bonchev–Trinajstić information content (AvgIpc) is 3.73. The van der Waals surface area contributed by atoms with Crippen LogP contribution in [0.2, 0.25) is 0 Å². The molecule has 0 aromatic heterocycles. The van der Waals surface area contributed by atoms with Crippen molar-refractivity contribution in [1.82, 2.24) is 0 Å². The second-order valence-electron chi connectivity index (χ2n) is 14.0. The summed E-state index contributed by atoms with van der Waals surface area (Å²) in [6.07, 6.45) is 0. The molecular formula is C51H30N2. The molecule has 0 radical (unpaired) electrons. The summed E-state index contributed by atoms with van der Waals surface area (Å²) in [5.41, 5.74) is 18.7. The summed E-state index contributed by atoms with van der Waals surface area (Å²) in [5, 5.41) is 15.1. The van der Waals surface area contributed by atoms with Gasteiger partial charge in [0, 0.05) is 17.1 Å². The highest BCUT2D eigenvalue weighted by Gasteiger charge is 2.24. The van der Waals surface area contributed by atoms with Crippen molar-refractivity contribution in [2.45, 2.75) is 0 Å². The second kappa shape index (κ2) is 11.4. The Hall–Kier alpha value is -7.21. The Labute approximate surface area is 308 Å². The molecule has 0 N–H and O–H groups in total. The third-order valence-corrected chi connectivity index (χ3v) is 11.2. The molecular weight excluding hydrogens is 641 g/mol. The first-order valence-corrected chi connectivity index (χ1v) is 18.1. The van der Waals surface area contributed by atoms with Crippen molar-refractivity contribution in [2.24, 2.45) is 0 Å². The van der Waals surface area contributed by atoms with Gasteiger partial charge in [0.25, 0.3) is 0 Å².